The van der Waals surface area contributed by atoms with Crippen LogP contribution in [0.15, 0.2) is 53.4 Å². The largest absolute Gasteiger partial charge is 0.466 e. The number of carbonyl (C=O) groups excluding carboxylic acids is 2. The van der Waals surface area contributed by atoms with Crippen LogP contribution in [0.3, 0.4) is 0 Å². The van der Waals surface area contributed by atoms with Gasteiger partial charge in [-0.1, -0.05) is 6.92 Å². The second-order valence-electron chi connectivity index (χ2n) is 8.03. The van der Waals surface area contributed by atoms with E-state index in [9.17, 15) is 9.59 Å². The second-order valence-corrected chi connectivity index (χ2v) is 9.16. The van der Waals surface area contributed by atoms with E-state index < -0.39 is 0 Å². The second kappa shape index (κ2) is 10.8. The molecule has 1 atom stereocenters. The van der Waals surface area contributed by atoms with Crippen molar-refractivity contribution < 1.29 is 18.7 Å². The molecule has 1 amide bonds. The first kappa shape index (κ1) is 23.2. The Bertz CT molecular complexity index is 1060. The number of pyridine rings is 1. The maximum absolute atomic E-state index is 12.8. The molecule has 1 N–H and O–H groups in total. The van der Waals surface area contributed by atoms with Crippen LogP contribution in [0.2, 0.25) is 0 Å². The zero-order chi connectivity index (χ0) is 23.2. The van der Waals surface area contributed by atoms with Crippen molar-refractivity contribution in [2.45, 2.75) is 39.2 Å². The highest BCUT2D eigenvalue weighted by Crippen LogP contribution is 2.41. The molecule has 3 aromatic rings. The lowest BCUT2D eigenvalue weighted by atomic mass is 9.92. The van der Waals surface area contributed by atoms with Crippen LogP contribution >= 0.6 is 11.3 Å². The average molecular weight is 468 g/mol. The molecule has 33 heavy (non-hydrogen) atoms. The summed E-state index contributed by atoms with van der Waals surface area (Å²) in [6.45, 7) is 5.89. The normalized spacial score (nSPS) is 15.8. The summed E-state index contributed by atoms with van der Waals surface area (Å²) in [5.41, 5.74) is 2.16. The molecule has 1 aliphatic heterocycles. The van der Waals surface area contributed by atoms with Crippen molar-refractivity contribution in [3.8, 4) is 0 Å². The molecule has 1 aliphatic rings. The molecule has 0 aromatic carbocycles. The molecule has 0 saturated carbocycles. The number of aromatic nitrogens is 1. The summed E-state index contributed by atoms with van der Waals surface area (Å²) in [5.74, 6) is -0.151. The number of anilines is 1. The number of likely N-dealkylation sites (tertiary alicyclic amines) is 1. The van der Waals surface area contributed by atoms with Gasteiger partial charge in [-0.3, -0.25) is 19.5 Å². The molecule has 4 rings (SSSR count). The van der Waals surface area contributed by atoms with Gasteiger partial charge >= 0.3 is 5.97 Å². The molecular formula is C25H29N3O4S. The van der Waals surface area contributed by atoms with Crippen molar-refractivity contribution in [1.82, 2.24) is 9.88 Å². The number of aryl methyl sites for hydroxylation is 1. The predicted molar refractivity (Wildman–Crippen MR) is 127 cm³/mol. The smallest absolute Gasteiger partial charge is 0.309 e. The minimum Gasteiger partial charge on any atom is -0.466 e. The van der Waals surface area contributed by atoms with Crippen LogP contribution in [0.25, 0.3) is 0 Å². The number of nitrogens with zero attached hydrogens (tertiary/aromatic N) is 2. The number of nitrogens with one attached hydrogen (secondary N) is 1. The number of furan rings is 1. The first-order valence-corrected chi connectivity index (χ1v) is 12.2. The van der Waals surface area contributed by atoms with E-state index in [2.05, 4.69) is 28.2 Å². The average Bonchev–Trinajstić information content (AvgIpc) is 3.51. The first-order valence-electron chi connectivity index (χ1n) is 11.4. The van der Waals surface area contributed by atoms with Gasteiger partial charge in [-0.25, -0.2) is 0 Å². The topological polar surface area (TPSA) is 84.7 Å². The number of hydrogen-bond donors (Lipinski definition) is 1. The van der Waals surface area contributed by atoms with Gasteiger partial charge in [-0.15, -0.1) is 11.3 Å². The Morgan fingerprint density at radius 1 is 1.24 bits per heavy atom. The fourth-order valence-electron chi connectivity index (χ4n) is 4.29. The molecule has 0 radical (unpaired) electrons. The first-order chi connectivity index (χ1) is 16.1. The Balaban J connectivity index is 1.64. The molecule has 0 spiro atoms. The molecule has 7 nitrogen and oxygen atoms in total. The zero-order valence-corrected chi connectivity index (χ0v) is 19.8. The molecular weight excluding hydrogens is 438 g/mol. The van der Waals surface area contributed by atoms with Crippen LogP contribution in [0.4, 0.5) is 5.00 Å². The SMILES string of the molecule is CCOC(=O)C1CCN([C@H](c2ccncc2)c2cc(CC)sc2NC(=O)c2ccco2)CC1. The Kier molecular flexibility index (Phi) is 7.57. The highest BCUT2D eigenvalue weighted by Gasteiger charge is 2.33. The number of carbonyl (C=O) groups is 2. The van der Waals surface area contributed by atoms with Gasteiger partial charge in [0.2, 0.25) is 0 Å². The number of ether oxygens (including phenoxy) is 1. The highest BCUT2D eigenvalue weighted by atomic mass is 32.1. The van der Waals surface area contributed by atoms with E-state index in [1.807, 2.05) is 19.1 Å². The van der Waals surface area contributed by atoms with Crippen molar-refractivity contribution >= 4 is 28.2 Å². The number of amides is 1. The van der Waals surface area contributed by atoms with Crippen LogP contribution in [0, 0.1) is 5.92 Å². The molecule has 0 aliphatic carbocycles. The molecule has 8 heteroatoms. The fourth-order valence-corrected chi connectivity index (χ4v) is 5.32. The molecule has 0 bridgehead atoms. The molecule has 4 heterocycles. The van der Waals surface area contributed by atoms with E-state index in [0.29, 0.717) is 6.61 Å². The lowest BCUT2D eigenvalue weighted by Crippen LogP contribution is -2.39. The molecule has 3 aromatic heterocycles. The Hall–Kier alpha value is -2.97. The van der Waals surface area contributed by atoms with Gasteiger partial charge in [0.05, 0.1) is 24.8 Å². The summed E-state index contributed by atoms with van der Waals surface area (Å²) in [7, 11) is 0. The van der Waals surface area contributed by atoms with Gasteiger partial charge < -0.3 is 14.5 Å². The van der Waals surface area contributed by atoms with Crippen LogP contribution < -0.4 is 5.32 Å². The summed E-state index contributed by atoms with van der Waals surface area (Å²) in [6.07, 6.45) is 7.46. The minimum atomic E-state index is -0.264. The van der Waals surface area contributed by atoms with Crippen molar-refractivity contribution in [2.75, 3.05) is 25.0 Å². The number of hydrogen-bond acceptors (Lipinski definition) is 7. The van der Waals surface area contributed by atoms with Gasteiger partial charge in [0.1, 0.15) is 5.00 Å². The summed E-state index contributed by atoms with van der Waals surface area (Å²) < 4.78 is 10.5. The third-order valence-corrected chi connectivity index (χ3v) is 7.17. The Labute approximate surface area is 197 Å². The van der Waals surface area contributed by atoms with Crippen LogP contribution in [0.1, 0.15) is 59.3 Å². The van der Waals surface area contributed by atoms with Crippen molar-refractivity contribution in [3.05, 3.63) is 70.8 Å². The van der Waals surface area contributed by atoms with E-state index in [0.717, 1.165) is 48.5 Å². The van der Waals surface area contributed by atoms with Crippen molar-refractivity contribution in [1.29, 1.82) is 0 Å². The van der Waals surface area contributed by atoms with Crippen molar-refractivity contribution in [3.63, 3.8) is 0 Å². The van der Waals surface area contributed by atoms with Crippen molar-refractivity contribution in [2.24, 2.45) is 5.92 Å². The molecule has 1 saturated heterocycles. The molecule has 1 fully saturated rings. The monoisotopic (exact) mass is 467 g/mol. The fraction of sp³-hybridized carbons (Fsp3) is 0.400. The van der Waals surface area contributed by atoms with E-state index in [1.165, 1.54) is 11.1 Å². The summed E-state index contributed by atoms with van der Waals surface area (Å²) in [5, 5.41) is 3.89. The van der Waals surface area contributed by atoms with E-state index in [1.54, 1.807) is 35.9 Å². The number of thiophene rings is 1. The van der Waals surface area contributed by atoms with Crippen LogP contribution in [-0.4, -0.2) is 41.5 Å². The van der Waals surface area contributed by atoms with E-state index >= 15 is 0 Å². The maximum atomic E-state index is 12.8. The van der Waals surface area contributed by atoms with Gasteiger partial charge in [-0.05, 0) is 75.2 Å². The quantitative estimate of drug-likeness (QED) is 0.474. The highest BCUT2D eigenvalue weighted by molar-refractivity contribution is 7.16. The molecule has 174 valence electrons. The Morgan fingerprint density at radius 3 is 2.64 bits per heavy atom. The van der Waals surface area contributed by atoms with E-state index in [-0.39, 0.29) is 29.6 Å². The Morgan fingerprint density at radius 2 is 2.00 bits per heavy atom. The van der Waals surface area contributed by atoms with Crippen LogP contribution in [0.5, 0.6) is 0 Å². The third kappa shape index (κ3) is 5.34. The lowest BCUT2D eigenvalue weighted by molar-refractivity contribution is -0.149. The summed E-state index contributed by atoms with van der Waals surface area (Å²) in [4.78, 5) is 32.8. The standard InChI is InChI=1S/C25H29N3O4S/c1-3-19-16-20(24(33-19)27-23(29)21-6-5-15-32-21)22(17-7-11-26-12-8-17)28-13-9-18(10-14-28)25(30)31-4-2/h5-8,11-12,15-16,18,22H,3-4,9-10,13-14H2,1-2H3,(H,27,29)/t22-/m1/s1. The number of piperidine rings is 1. The number of esters is 1. The summed E-state index contributed by atoms with van der Waals surface area (Å²) in [6, 6.07) is 9.52. The van der Waals surface area contributed by atoms with E-state index in [4.69, 9.17) is 9.15 Å². The maximum Gasteiger partial charge on any atom is 0.309 e. The van der Waals surface area contributed by atoms with Gasteiger partial charge in [-0.2, -0.15) is 0 Å². The minimum absolute atomic E-state index is 0.0559. The lowest BCUT2D eigenvalue weighted by Gasteiger charge is -2.37. The third-order valence-electron chi connectivity index (χ3n) is 5.96. The number of rotatable bonds is 8. The van der Waals surface area contributed by atoms with Crippen LogP contribution in [-0.2, 0) is 16.0 Å². The van der Waals surface area contributed by atoms with Gasteiger partial charge in [0.25, 0.3) is 5.91 Å². The summed E-state index contributed by atoms with van der Waals surface area (Å²) >= 11 is 1.59. The molecule has 0 unspecified atom stereocenters. The predicted octanol–water partition coefficient (Wildman–Crippen LogP) is 4.92. The van der Waals surface area contributed by atoms with Gasteiger partial charge in [0, 0.05) is 22.8 Å². The zero-order valence-electron chi connectivity index (χ0n) is 19.0. The van der Waals surface area contributed by atoms with Gasteiger partial charge in [0.15, 0.2) is 5.76 Å².